The van der Waals surface area contributed by atoms with Crippen LogP contribution in [0.15, 0.2) is 24.3 Å². The molecule has 18 heavy (non-hydrogen) atoms. The Labute approximate surface area is 106 Å². The second kappa shape index (κ2) is 7.45. The average molecular weight is 251 g/mol. The van der Waals surface area contributed by atoms with Crippen LogP contribution in [0, 0.1) is 0 Å². The van der Waals surface area contributed by atoms with Gasteiger partial charge in [-0.2, -0.15) is 0 Å². The zero-order valence-corrected chi connectivity index (χ0v) is 10.3. The Hall–Kier alpha value is -1.88. The lowest BCUT2D eigenvalue weighted by Crippen LogP contribution is -2.30. The van der Waals surface area contributed by atoms with Gasteiger partial charge in [-0.15, -0.1) is 0 Å². The van der Waals surface area contributed by atoms with Gasteiger partial charge < -0.3 is 15.2 Å². The van der Waals surface area contributed by atoms with Crippen LogP contribution in [-0.4, -0.2) is 36.6 Å². The topological polar surface area (TPSA) is 75.6 Å². The molecule has 0 fully saturated rings. The van der Waals surface area contributed by atoms with Gasteiger partial charge in [0.05, 0.1) is 0 Å². The van der Waals surface area contributed by atoms with Gasteiger partial charge in [-0.1, -0.05) is 12.1 Å². The number of carbonyl (C=O) groups is 2. The average Bonchev–Trinajstić information content (AvgIpc) is 2.37. The fraction of sp³-hybridized carbons (Fsp3) is 0.385. The van der Waals surface area contributed by atoms with Crippen LogP contribution in [0.5, 0.6) is 5.75 Å². The van der Waals surface area contributed by atoms with Crippen molar-refractivity contribution >= 4 is 11.7 Å². The van der Waals surface area contributed by atoms with E-state index in [-0.39, 0.29) is 24.9 Å². The number of ketones is 1. The molecule has 0 saturated heterocycles. The molecule has 98 valence electrons. The van der Waals surface area contributed by atoms with E-state index in [1.807, 2.05) is 0 Å². The number of amides is 1. The predicted molar refractivity (Wildman–Crippen MR) is 66.7 cm³/mol. The summed E-state index contributed by atoms with van der Waals surface area (Å²) in [6.45, 7) is 1.83. The van der Waals surface area contributed by atoms with Crippen molar-refractivity contribution in [2.24, 2.45) is 0 Å². The van der Waals surface area contributed by atoms with Crippen LogP contribution in [0.3, 0.4) is 0 Å². The minimum absolute atomic E-state index is 0.0434. The van der Waals surface area contributed by atoms with Crippen molar-refractivity contribution in [3.8, 4) is 5.75 Å². The van der Waals surface area contributed by atoms with E-state index in [4.69, 9.17) is 9.84 Å². The standard InChI is InChI=1S/C13H17NO4/c1-10(16)11-4-2-5-12(8-11)18-9-13(17)14-6-3-7-15/h2,4-5,8,15H,3,6-7,9H2,1H3,(H,14,17). The summed E-state index contributed by atoms with van der Waals surface area (Å²) in [4.78, 5) is 22.5. The fourth-order valence-corrected chi connectivity index (χ4v) is 1.31. The number of ether oxygens (including phenoxy) is 1. The van der Waals surface area contributed by atoms with Crippen molar-refractivity contribution in [2.75, 3.05) is 19.8 Å². The van der Waals surface area contributed by atoms with Crippen LogP contribution in [0.4, 0.5) is 0 Å². The summed E-state index contributed by atoms with van der Waals surface area (Å²) in [7, 11) is 0. The molecule has 0 aliphatic carbocycles. The third-order valence-electron chi connectivity index (χ3n) is 2.27. The minimum atomic E-state index is -0.253. The Morgan fingerprint density at radius 2 is 2.17 bits per heavy atom. The summed E-state index contributed by atoms with van der Waals surface area (Å²) >= 11 is 0. The quantitative estimate of drug-likeness (QED) is 0.554. The molecule has 0 aromatic heterocycles. The van der Waals surface area contributed by atoms with E-state index in [0.29, 0.717) is 24.3 Å². The third kappa shape index (κ3) is 4.97. The van der Waals surface area contributed by atoms with Crippen LogP contribution < -0.4 is 10.1 Å². The van der Waals surface area contributed by atoms with E-state index in [1.54, 1.807) is 24.3 Å². The molecule has 0 atom stereocenters. The number of benzene rings is 1. The maximum Gasteiger partial charge on any atom is 0.257 e. The molecule has 1 rings (SSSR count). The van der Waals surface area contributed by atoms with E-state index >= 15 is 0 Å². The Morgan fingerprint density at radius 1 is 1.39 bits per heavy atom. The molecule has 5 heteroatoms. The van der Waals surface area contributed by atoms with Gasteiger partial charge in [-0.3, -0.25) is 9.59 Å². The molecule has 0 aliphatic rings. The second-order valence-corrected chi connectivity index (χ2v) is 3.80. The highest BCUT2D eigenvalue weighted by Crippen LogP contribution is 2.13. The summed E-state index contributed by atoms with van der Waals surface area (Å²) < 4.78 is 5.26. The van der Waals surface area contributed by atoms with Crippen molar-refractivity contribution in [3.63, 3.8) is 0 Å². The molecule has 0 bridgehead atoms. The first-order chi connectivity index (χ1) is 8.63. The summed E-state index contributed by atoms with van der Waals surface area (Å²) in [5.74, 6) is 0.185. The van der Waals surface area contributed by atoms with E-state index in [9.17, 15) is 9.59 Å². The maximum absolute atomic E-state index is 11.3. The van der Waals surface area contributed by atoms with Crippen LogP contribution in [-0.2, 0) is 4.79 Å². The van der Waals surface area contributed by atoms with Gasteiger partial charge >= 0.3 is 0 Å². The number of hydrogen-bond donors (Lipinski definition) is 2. The van der Waals surface area contributed by atoms with Crippen molar-refractivity contribution in [2.45, 2.75) is 13.3 Å². The van der Waals surface area contributed by atoms with Crippen molar-refractivity contribution in [1.29, 1.82) is 0 Å². The van der Waals surface area contributed by atoms with Gasteiger partial charge in [0, 0.05) is 18.7 Å². The SMILES string of the molecule is CC(=O)c1cccc(OCC(=O)NCCCO)c1. The summed E-state index contributed by atoms with van der Waals surface area (Å²) in [6, 6.07) is 6.68. The number of rotatable bonds is 7. The molecular weight excluding hydrogens is 234 g/mol. The molecule has 1 amide bonds. The summed E-state index contributed by atoms with van der Waals surface area (Å²) in [6.07, 6.45) is 0.519. The molecule has 5 nitrogen and oxygen atoms in total. The first-order valence-corrected chi connectivity index (χ1v) is 5.75. The first kappa shape index (κ1) is 14.2. The largest absolute Gasteiger partial charge is 0.484 e. The highest BCUT2D eigenvalue weighted by Gasteiger charge is 2.04. The number of carbonyl (C=O) groups excluding carboxylic acids is 2. The number of aliphatic hydroxyl groups is 1. The lowest BCUT2D eigenvalue weighted by atomic mass is 10.1. The van der Waals surface area contributed by atoms with Crippen molar-refractivity contribution in [1.82, 2.24) is 5.32 Å². The summed E-state index contributed by atoms with van der Waals surface area (Å²) in [5.41, 5.74) is 0.549. The second-order valence-electron chi connectivity index (χ2n) is 3.80. The Bertz CT molecular complexity index is 417. The normalized spacial score (nSPS) is 9.89. The first-order valence-electron chi connectivity index (χ1n) is 5.75. The molecule has 0 saturated carbocycles. The van der Waals surface area contributed by atoms with Gasteiger partial charge in [-0.05, 0) is 25.5 Å². The number of Topliss-reactive ketones (excluding diaryl/α,β-unsaturated/α-hetero) is 1. The van der Waals surface area contributed by atoms with Crippen LogP contribution in [0.2, 0.25) is 0 Å². The predicted octanol–water partition coefficient (Wildman–Crippen LogP) is 0.767. The lowest BCUT2D eigenvalue weighted by molar-refractivity contribution is -0.123. The highest BCUT2D eigenvalue weighted by molar-refractivity contribution is 5.94. The van der Waals surface area contributed by atoms with Gasteiger partial charge in [0.2, 0.25) is 0 Å². The summed E-state index contributed by atoms with van der Waals surface area (Å²) in [5, 5.41) is 11.2. The van der Waals surface area contributed by atoms with Crippen LogP contribution in [0.1, 0.15) is 23.7 Å². The minimum Gasteiger partial charge on any atom is -0.484 e. The number of aliphatic hydroxyl groups excluding tert-OH is 1. The van der Waals surface area contributed by atoms with Crippen LogP contribution in [0.25, 0.3) is 0 Å². The van der Waals surface area contributed by atoms with E-state index in [1.165, 1.54) is 6.92 Å². The fourth-order valence-electron chi connectivity index (χ4n) is 1.31. The van der Waals surface area contributed by atoms with Crippen molar-refractivity contribution in [3.05, 3.63) is 29.8 Å². The molecule has 0 radical (unpaired) electrons. The van der Waals surface area contributed by atoms with Gasteiger partial charge in [0.25, 0.3) is 5.91 Å². The van der Waals surface area contributed by atoms with E-state index in [0.717, 1.165) is 0 Å². The highest BCUT2D eigenvalue weighted by atomic mass is 16.5. The molecule has 1 aromatic rings. The molecule has 2 N–H and O–H groups in total. The van der Waals surface area contributed by atoms with Gasteiger partial charge in [-0.25, -0.2) is 0 Å². The number of hydrogen-bond acceptors (Lipinski definition) is 4. The zero-order chi connectivity index (χ0) is 13.4. The molecule has 0 heterocycles. The lowest BCUT2D eigenvalue weighted by Gasteiger charge is -2.07. The monoisotopic (exact) mass is 251 g/mol. The van der Waals surface area contributed by atoms with E-state index in [2.05, 4.69) is 5.32 Å². The Balaban J connectivity index is 2.41. The Morgan fingerprint density at radius 3 is 2.83 bits per heavy atom. The van der Waals surface area contributed by atoms with E-state index < -0.39 is 0 Å². The van der Waals surface area contributed by atoms with Crippen molar-refractivity contribution < 1.29 is 19.4 Å². The zero-order valence-electron chi connectivity index (χ0n) is 10.3. The van der Waals surface area contributed by atoms with Gasteiger partial charge in [0.1, 0.15) is 5.75 Å². The third-order valence-corrected chi connectivity index (χ3v) is 2.27. The molecule has 0 spiro atoms. The van der Waals surface area contributed by atoms with Crippen LogP contribution >= 0.6 is 0 Å². The molecule has 0 unspecified atom stereocenters. The maximum atomic E-state index is 11.3. The molecule has 1 aromatic carbocycles. The number of nitrogens with one attached hydrogen (secondary N) is 1. The molecule has 0 aliphatic heterocycles. The van der Waals surface area contributed by atoms with Gasteiger partial charge in [0.15, 0.2) is 12.4 Å². The smallest absolute Gasteiger partial charge is 0.257 e. The molecular formula is C13H17NO4. The Kier molecular flexibility index (Phi) is 5.87.